The first-order chi connectivity index (χ1) is 8.77. The fraction of sp³-hybridized carbons (Fsp3) is 0.455. The van der Waals surface area contributed by atoms with Gasteiger partial charge < -0.3 is 5.32 Å². The van der Waals surface area contributed by atoms with Gasteiger partial charge in [-0.2, -0.15) is 0 Å². The summed E-state index contributed by atoms with van der Waals surface area (Å²) in [5, 5.41) is 3.03. The first-order valence-corrected chi connectivity index (χ1v) is 8.32. The minimum Gasteiger partial charge on any atom is -0.316 e. The fourth-order valence-electron chi connectivity index (χ4n) is 1.34. The Hall–Kier alpha value is -0.200. The van der Waals surface area contributed by atoms with Crippen molar-refractivity contribution in [2.75, 3.05) is 17.8 Å². The van der Waals surface area contributed by atoms with E-state index in [4.69, 9.17) is 34.8 Å². The molecule has 4 nitrogen and oxygen atoms in total. The number of anilines is 1. The number of hydrogen-bond donors (Lipinski definition) is 2. The molecule has 108 valence electrons. The largest absolute Gasteiger partial charge is 0.316 e. The smallest absolute Gasteiger partial charge is 0.236 e. The highest BCUT2D eigenvalue weighted by Gasteiger charge is 2.22. The van der Waals surface area contributed by atoms with Gasteiger partial charge in [0.25, 0.3) is 0 Å². The molecule has 1 unspecified atom stereocenters. The normalized spacial score (nSPS) is 13.3. The molecule has 1 aromatic rings. The van der Waals surface area contributed by atoms with E-state index in [-0.39, 0.29) is 15.7 Å². The van der Waals surface area contributed by atoms with Gasteiger partial charge in [-0.3, -0.25) is 4.72 Å². The molecular weight excluding hydrogens is 331 g/mol. The molecule has 0 aliphatic carbocycles. The Labute approximate surface area is 128 Å². The molecule has 0 aromatic heterocycles. The number of halogens is 3. The zero-order chi connectivity index (χ0) is 14.6. The zero-order valence-electron chi connectivity index (χ0n) is 10.5. The van der Waals surface area contributed by atoms with Gasteiger partial charge >= 0.3 is 0 Å². The summed E-state index contributed by atoms with van der Waals surface area (Å²) in [7, 11) is -3.57. The molecule has 8 heteroatoms. The molecular formula is C11H15Cl3N2O2S. The van der Waals surface area contributed by atoms with Crippen molar-refractivity contribution >= 4 is 50.5 Å². The molecule has 0 radical (unpaired) electrons. The molecule has 1 rings (SSSR count). The van der Waals surface area contributed by atoms with Gasteiger partial charge in [0, 0.05) is 11.6 Å². The lowest BCUT2D eigenvalue weighted by Crippen LogP contribution is -2.34. The van der Waals surface area contributed by atoms with Crippen LogP contribution in [0.2, 0.25) is 15.1 Å². The number of hydrogen-bond acceptors (Lipinski definition) is 3. The third-order valence-corrected chi connectivity index (χ3v) is 4.99. The molecule has 0 heterocycles. The molecule has 0 saturated heterocycles. The van der Waals surface area contributed by atoms with E-state index in [1.165, 1.54) is 12.1 Å². The van der Waals surface area contributed by atoms with Gasteiger partial charge in [-0.05, 0) is 25.6 Å². The van der Waals surface area contributed by atoms with E-state index in [0.29, 0.717) is 18.1 Å². The van der Waals surface area contributed by atoms with E-state index < -0.39 is 15.3 Å². The van der Waals surface area contributed by atoms with Gasteiger partial charge in [0.15, 0.2) is 0 Å². The van der Waals surface area contributed by atoms with Crippen molar-refractivity contribution in [3.8, 4) is 0 Å². The maximum absolute atomic E-state index is 12.1. The third-order valence-electron chi connectivity index (χ3n) is 2.46. The fourth-order valence-corrected chi connectivity index (χ4v) is 3.41. The van der Waals surface area contributed by atoms with E-state index in [2.05, 4.69) is 10.0 Å². The van der Waals surface area contributed by atoms with E-state index in [1.54, 1.807) is 6.92 Å². The Morgan fingerprint density at radius 3 is 2.21 bits per heavy atom. The van der Waals surface area contributed by atoms with Crippen molar-refractivity contribution in [1.29, 1.82) is 0 Å². The van der Waals surface area contributed by atoms with Gasteiger partial charge in [-0.1, -0.05) is 41.7 Å². The van der Waals surface area contributed by atoms with Crippen molar-refractivity contribution in [2.24, 2.45) is 0 Å². The first-order valence-electron chi connectivity index (χ1n) is 5.64. The van der Waals surface area contributed by atoms with Crippen LogP contribution in [0.4, 0.5) is 5.69 Å². The van der Waals surface area contributed by atoms with Gasteiger partial charge in [-0.25, -0.2) is 8.42 Å². The zero-order valence-corrected chi connectivity index (χ0v) is 13.6. The van der Waals surface area contributed by atoms with Crippen LogP contribution in [-0.2, 0) is 10.0 Å². The number of sulfonamides is 1. The average Bonchev–Trinajstić information content (AvgIpc) is 2.30. The lowest BCUT2D eigenvalue weighted by molar-refractivity contribution is 0.579. The van der Waals surface area contributed by atoms with Crippen LogP contribution in [0.25, 0.3) is 0 Å². The van der Waals surface area contributed by atoms with Crippen LogP contribution in [0.15, 0.2) is 12.1 Å². The van der Waals surface area contributed by atoms with E-state index in [1.807, 2.05) is 6.92 Å². The Kier molecular flexibility index (Phi) is 6.20. The van der Waals surface area contributed by atoms with Gasteiger partial charge in [0.2, 0.25) is 10.0 Å². The second-order valence-corrected chi connectivity index (χ2v) is 7.36. The summed E-state index contributed by atoms with van der Waals surface area (Å²) in [6, 6.07) is 2.86. The molecule has 1 atom stereocenters. The van der Waals surface area contributed by atoms with Gasteiger partial charge in [-0.15, -0.1) is 0 Å². The average molecular weight is 346 g/mol. The predicted octanol–water partition coefficient (Wildman–Crippen LogP) is 3.39. The molecule has 0 amide bonds. The van der Waals surface area contributed by atoms with Crippen LogP contribution >= 0.6 is 34.8 Å². The van der Waals surface area contributed by atoms with Crippen LogP contribution in [0, 0.1) is 0 Å². The number of benzene rings is 1. The van der Waals surface area contributed by atoms with Crippen LogP contribution in [0.5, 0.6) is 0 Å². The van der Waals surface area contributed by atoms with Crippen LogP contribution in [0.3, 0.4) is 0 Å². The highest BCUT2D eigenvalue weighted by Crippen LogP contribution is 2.34. The van der Waals surface area contributed by atoms with Crippen molar-refractivity contribution < 1.29 is 8.42 Å². The van der Waals surface area contributed by atoms with Crippen LogP contribution in [-0.4, -0.2) is 26.8 Å². The summed E-state index contributed by atoms with van der Waals surface area (Å²) in [4.78, 5) is 0. The van der Waals surface area contributed by atoms with E-state index >= 15 is 0 Å². The quantitative estimate of drug-likeness (QED) is 0.831. The predicted molar refractivity (Wildman–Crippen MR) is 82.0 cm³/mol. The third kappa shape index (κ3) is 4.68. The summed E-state index contributed by atoms with van der Waals surface area (Å²) in [6.45, 7) is 4.54. The molecule has 1 aromatic carbocycles. The van der Waals surface area contributed by atoms with Crippen molar-refractivity contribution in [3.05, 3.63) is 27.2 Å². The maximum atomic E-state index is 12.1. The molecule has 0 spiro atoms. The second kappa shape index (κ2) is 6.99. The SMILES string of the molecule is CCNCC(C)S(=O)(=O)Nc1c(Cl)cc(Cl)cc1Cl. The minimum absolute atomic E-state index is 0.149. The molecule has 0 bridgehead atoms. The standard InChI is InChI=1S/C11H15Cl3N2O2S/c1-3-15-6-7(2)19(17,18)16-11-9(13)4-8(12)5-10(11)14/h4-5,7,15-16H,3,6H2,1-2H3. The summed E-state index contributed by atoms with van der Waals surface area (Å²) >= 11 is 17.6. The molecule has 0 aliphatic rings. The first kappa shape index (κ1) is 16.9. The number of rotatable bonds is 6. The Bertz CT molecular complexity index is 526. The van der Waals surface area contributed by atoms with Crippen LogP contribution in [0.1, 0.15) is 13.8 Å². The Balaban J connectivity index is 2.96. The molecule has 0 saturated carbocycles. The Morgan fingerprint density at radius 2 is 1.74 bits per heavy atom. The lowest BCUT2D eigenvalue weighted by atomic mass is 10.3. The second-order valence-electron chi connectivity index (χ2n) is 4.01. The highest BCUT2D eigenvalue weighted by atomic mass is 35.5. The van der Waals surface area contributed by atoms with Gasteiger partial charge in [0.1, 0.15) is 0 Å². The number of nitrogens with one attached hydrogen (secondary N) is 2. The summed E-state index contributed by atoms with van der Waals surface area (Å²) in [5.41, 5.74) is 0.149. The topological polar surface area (TPSA) is 58.2 Å². The van der Waals surface area contributed by atoms with Crippen LogP contribution < -0.4 is 10.0 Å². The minimum atomic E-state index is -3.57. The summed E-state index contributed by atoms with van der Waals surface area (Å²) in [6.07, 6.45) is 0. The molecule has 0 aliphatic heterocycles. The van der Waals surface area contributed by atoms with Crippen molar-refractivity contribution in [2.45, 2.75) is 19.1 Å². The van der Waals surface area contributed by atoms with Crippen molar-refractivity contribution in [3.63, 3.8) is 0 Å². The lowest BCUT2D eigenvalue weighted by Gasteiger charge is -2.16. The Morgan fingerprint density at radius 1 is 1.21 bits per heavy atom. The monoisotopic (exact) mass is 344 g/mol. The van der Waals surface area contributed by atoms with Crippen molar-refractivity contribution in [1.82, 2.24) is 5.32 Å². The summed E-state index contributed by atoms with van der Waals surface area (Å²) < 4.78 is 26.6. The highest BCUT2D eigenvalue weighted by molar-refractivity contribution is 7.93. The molecule has 19 heavy (non-hydrogen) atoms. The van der Waals surface area contributed by atoms with E-state index in [0.717, 1.165) is 0 Å². The van der Waals surface area contributed by atoms with E-state index in [9.17, 15) is 8.42 Å². The summed E-state index contributed by atoms with van der Waals surface area (Å²) in [5.74, 6) is 0. The molecule has 2 N–H and O–H groups in total. The maximum Gasteiger partial charge on any atom is 0.236 e. The molecule has 0 fully saturated rings. The van der Waals surface area contributed by atoms with Gasteiger partial charge in [0.05, 0.1) is 21.0 Å².